The first-order valence-corrected chi connectivity index (χ1v) is 9.64. The summed E-state index contributed by atoms with van der Waals surface area (Å²) in [5, 5.41) is 3.41. The molecule has 0 aromatic rings. The average molecular weight is 324 g/mol. The van der Waals surface area contributed by atoms with E-state index in [4.69, 9.17) is 0 Å². The Kier molecular flexibility index (Phi) is 20.1. The average Bonchev–Trinajstić information content (AvgIpc) is 2.56. The number of likely N-dealkylation sites (tertiary alicyclic amines) is 1. The van der Waals surface area contributed by atoms with Crippen LogP contribution in [0.4, 0.5) is 0 Å². The number of hydrogen-bond acceptors (Lipinski definition) is 5. The molecular weight excluding hydrogens is 286 g/mol. The molecule has 0 atom stereocenters. The van der Waals surface area contributed by atoms with Crippen molar-refractivity contribution in [3.63, 3.8) is 0 Å². The molecule has 0 saturated carbocycles. The number of hydrogen-bond donors (Lipinski definition) is 3. The Morgan fingerprint density at radius 2 is 1.35 bits per heavy atom. The summed E-state index contributed by atoms with van der Waals surface area (Å²) < 4.78 is 0. The SMILES string of the molecule is CC.CN1CCC(CN2CCNCC2)CC1.CS.CS. The number of thiol groups is 2. The van der Waals surface area contributed by atoms with Crippen molar-refractivity contribution in [3.8, 4) is 0 Å². The standard InChI is InChI=1S/C11H23N3.C2H6.2CH4S/c1-13-6-2-11(3-7-13)10-14-8-4-12-5-9-14;3*1-2/h11-12H,2-10H2,1H3;1-2H3;2*2H,1H3. The molecule has 2 rings (SSSR count). The predicted molar refractivity (Wildman–Crippen MR) is 101 cm³/mol. The van der Waals surface area contributed by atoms with Crippen LogP contribution in [0.3, 0.4) is 0 Å². The van der Waals surface area contributed by atoms with Gasteiger partial charge < -0.3 is 15.1 Å². The molecule has 2 saturated heterocycles. The third-order valence-corrected chi connectivity index (χ3v) is 3.56. The second-order valence-corrected chi connectivity index (χ2v) is 4.80. The molecule has 0 aliphatic carbocycles. The van der Waals surface area contributed by atoms with Gasteiger partial charge in [-0.2, -0.15) is 25.3 Å². The van der Waals surface area contributed by atoms with Crippen molar-refractivity contribution in [2.24, 2.45) is 5.92 Å². The van der Waals surface area contributed by atoms with Gasteiger partial charge in [0.2, 0.25) is 0 Å². The summed E-state index contributed by atoms with van der Waals surface area (Å²) in [6.07, 6.45) is 6.20. The van der Waals surface area contributed by atoms with E-state index in [1.54, 1.807) is 12.5 Å². The lowest BCUT2D eigenvalue weighted by molar-refractivity contribution is 0.150. The molecule has 5 heteroatoms. The minimum atomic E-state index is 0.962. The Morgan fingerprint density at radius 3 is 1.80 bits per heavy atom. The molecule has 0 aromatic carbocycles. The number of rotatable bonds is 2. The van der Waals surface area contributed by atoms with E-state index in [0.717, 1.165) is 5.92 Å². The number of piperazine rings is 1. The van der Waals surface area contributed by atoms with Crippen molar-refractivity contribution in [2.45, 2.75) is 26.7 Å². The van der Waals surface area contributed by atoms with E-state index >= 15 is 0 Å². The van der Waals surface area contributed by atoms with Crippen LogP contribution in [0.1, 0.15) is 26.7 Å². The van der Waals surface area contributed by atoms with E-state index in [1.807, 2.05) is 13.8 Å². The summed E-state index contributed by atoms with van der Waals surface area (Å²) in [7, 11) is 2.24. The second-order valence-electron chi connectivity index (χ2n) is 4.80. The van der Waals surface area contributed by atoms with E-state index in [0.29, 0.717) is 0 Å². The fraction of sp³-hybridized carbons (Fsp3) is 1.00. The minimum Gasteiger partial charge on any atom is -0.314 e. The molecule has 3 nitrogen and oxygen atoms in total. The molecule has 0 spiro atoms. The molecular formula is C15H37N3S2. The van der Waals surface area contributed by atoms with Crippen LogP contribution in [0.2, 0.25) is 0 Å². The quantitative estimate of drug-likeness (QED) is 0.678. The fourth-order valence-electron chi connectivity index (χ4n) is 2.50. The lowest BCUT2D eigenvalue weighted by Crippen LogP contribution is -2.46. The zero-order chi connectivity index (χ0) is 15.8. The van der Waals surface area contributed by atoms with Gasteiger partial charge in [0.25, 0.3) is 0 Å². The van der Waals surface area contributed by atoms with Crippen molar-refractivity contribution in [1.29, 1.82) is 0 Å². The minimum absolute atomic E-state index is 0.962. The number of nitrogens with one attached hydrogen (secondary N) is 1. The van der Waals surface area contributed by atoms with Gasteiger partial charge in [-0.1, -0.05) is 13.8 Å². The molecule has 2 heterocycles. The summed E-state index contributed by atoms with van der Waals surface area (Å²) in [5.41, 5.74) is 0. The highest BCUT2D eigenvalue weighted by Gasteiger charge is 2.20. The Hall–Kier alpha value is 0.580. The first-order chi connectivity index (χ1) is 9.84. The summed E-state index contributed by atoms with van der Waals surface area (Å²) in [4.78, 5) is 5.08. The Balaban J connectivity index is 0. The summed E-state index contributed by atoms with van der Waals surface area (Å²) in [5.74, 6) is 0.962. The van der Waals surface area contributed by atoms with Gasteiger partial charge in [0.15, 0.2) is 0 Å². The van der Waals surface area contributed by atoms with Crippen LogP contribution in [0.15, 0.2) is 0 Å². The van der Waals surface area contributed by atoms with E-state index in [-0.39, 0.29) is 0 Å². The van der Waals surface area contributed by atoms with Crippen LogP contribution in [-0.2, 0) is 0 Å². The maximum atomic E-state index is 3.53. The highest BCUT2D eigenvalue weighted by Crippen LogP contribution is 2.17. The molecule has 2 fully saturated rings. The van der Waals surface area contributed by atoms with Gasteiger partial charge in [-0.05, 0) is 51.4 Å². The van der Waals surface area contributed by atoms with Gasteiger partial charge in [-0.25, -0.2) is 0 Å². The van der Waals surface area contributed by atoms with Crippen LogP contribution in [0.25, 0.3) is 0 Å². The van der Waals surface area contributed by atoms with E-state index in [1.165, 1.54) is 58.7 Å². The molecule has 20 heavy (non-hydrogen) atoms. The lowest BCUT2D eigenvalue weighted by atomic mass is 9.96. The molecule has 2 aliphatic rings. The maximum absolute atomic E-state index is 3.53. The van der Waals surface area contributed by atoms with E-state index in [2.05, 4.69) is 47.4 Å². The normalized spacial score (nSPS) is 20.6. The molecule has 0 radical (unpaired) electrons. The summed E-state index contributed by atoms with van der Waals surface area (Å²) >= 11 is 7.06. The summed E-state index contributed by atoms with van der Waals surface area (Å²) in [6, 6.07) is 0. The first kappa shape index (κ1) is 22.9. The van der Waals surface area contributed by atoms with E-state index < -0.39 is 0 Å². The molecule has 124 valence electrons. The van der Waals surface area contributed by atoms with Crippen molar-refractivity contribution < 1.29 is 0 Å². The number of nitrogens with zero attached hydrogens (tertiary/aromatic N) is 2. The van der Waals surface area contributed by atoms with Crippen LogP contribution >= 0.6 is 25.3 Å². The lowest BCUT2D eigenvalue weighted by Gasteiger charge is -2.34. The van der Waals surface area contributed by atoms with Crippen LogP contribution in [-0.4, -0.2) is 75.2 Å². The van der Waals surface area contributed by atoms with Gasteiger partial charge in [0.1, 0.15) is 0 Å². The predicted octanol–water partition coefficient (Wildman–Crippen LogP) is 2.35. The van der Waals surface area contributed by atoms with Crippen molar-refractivity contribution in [2.75, 3.05) is 65.4 Å². The number of piperidine rings is 1. The highest BCUT2D eigenvalue weighted by atomic mass is 32.1. The molecule has 0 unspecified atom stereocenters. The molecule has 1 N–H and O–H groups in total. The monoisotopic (exact) mass is 323 g/mol. The Labute approximate surface area is 138 Å². The fourth-order valence-corrected chi connectivity index (χ4v) is 2.50. The van der Waals surface area contributed by atoms with Crippen LogP contribution in [0.5, 0.6) is 0 Å². The van der Waals surface area contributed by atoms with Crippen LogP contribution in [0, 0.1) is 5.92 Å². The van der Waals surface area contributed by atoms with Gasteiger partial charge >= 0.3 is 0 Å². The van der Waals surface area contributed by atoms with E-state index in [9.17, 15) is 0 Å². The maximum Gasteiger partial charge on any atom is 0.0107 e. The van der Waals surface area contributed by atoms with Crippen molar-refractivity contribution in [3.05, 3.63) is 0 Å². The van der Waals surface area contributed by atoms with Gasteiger partial charge in [0, 0.05) is 32.7 Å². The largest absolute Gasteiger partial charge is 0.314 e. The molecule has 0 bridgehead atoms. The Morgan fingerprint density at radius 1 is 0.900 bits per heavy atom. The van der Waals surface area contributed by atoms with Gasteiger partial charge in [-0.15, -0.1) is 0 Å². The van der Waals surface area contributed by atoms with Gasteiger partial charge in [-0.3, -0.25) is 0 Å². The van der Waals surface area contributed by atoms with Gasteiger partial charge in [0.05, 0.1) is 0 Å². The second kappa shape index (κ2) is 17.6. The third kappa shape index (κ3) is 11.3. The zero-order valence-electron chi connectivity index (χ0n) is 14.2. The zero-order valence-corrected chi connectivity index (χ0v) is 16.0. The highest BCUT2D eigenvalue weighted by molar-refractivity contribution is 7.79. The third-order valence-electron chi connectivity index (χ3n) is 3.56. The molecule has 0 aromatic heterocycles. The smallest absolute Gasteiger partial charge is 0.0107 e. The first-order valence-electron chi connectivity index (χ1n) is 7.85. The topological polar surface area (TPSA) is 18.5 Å². The van der Waals surface area contributed by atoms with Crippen molar-refractivity contribution >= 4 is 25.3 Å². The van der Waals surface area contributed by atoms with Crippen LogP contribution < -0.4 is 5.32 Å². The molecule has 0 amide bonds. The Bertz CT molecular complexity index is 169. The summed E-state index contributed by atoms with van der Waals surface area (Å²) in [6.45, 7) is 12.8. The van der Waals surface area contributed by atoms with Crippen molar-refractivity contribution in [1.82, 2.24) is 15.1 Å². The molecule has 2 aliphatic heterocycles.